The molecule has 1 N–H and O–H groups in total. The molecule has 2 aliphatic carbocycles. The minimum absolute atomic E-state index is 0.319. The monoisotopic (exact) mass is 273 g/mol. The summed E-state index contributed by atoms with van der Waals surface area (Å²) in [6.45, 7) is 0. The lowest BCUT2D eigenvalue weighted by atomic mass is 9.82. The molecule has 0 aromatic carbocycles. The van der Waals surface area contributed by atoms with Gasteiger partial charge in [0.05, 0.1) is 0 Å². The van der Waals surface area contributed by atoms with E-state index in [9.17, 15) is 4.79 Å². The summed E-state index contributed by atoms with van der Waals surface area (Å²) < 4.78 is 0. The molecule has 0 bridgehead atoms. The van der Waals surface area contributed by atoms with Crippen LogP contribution in [-0.2, 0) is 4.79 Å². The van der Waals surface area contributed by atoms with Crippen molar-refractivity contribution in [3.8, 4) is 0 Å². The summed E-state index contributed by atoms with van der Waals surface area (Å²) >= 11 is 3.56. The molecule has 0 spiro atoms. The SMILES string of the molecule is O=C(NC1CCCCC1CBr)C1CCC1. The van der Waals surface area contributed by atoms with E-state index in [0.717, 1.165) is 18.2 Å². The van der Waals surface area contributed by atoms with E-state index >= 15 is 0 Å². The summed E-state index contributed by atoms with van der Waals surface area (Å²) in [7, 11) is 0. The Morgan fingerprint density at radius 1 is 1.13 bits per heavy atom. The van der Waals surface area contributed by atoms with Crippen LogP contribution in [0.2, 0.25) is 0 Å². The first-order chi connectivity index (χ1) is 7.31. The van der Waals surface area contributed by atoms with E-state index in [1.165, 1.54) is 32.1 Å². The molecule has 86 valence electrons. The largest absolute Gasteiger partial charge is 0.353 e. The van der Waals surface area contributed by atoms with Crippen LogP contribution in [0.3, 0.4) is 0 Å². The predicted octanol–water partition coefficient (Wildman–Crippen LogP) is 2.86. The number of carbonyl (C=O) groups is 1. The second-order valence-electron chi connectivity index (χ2n) is 4.94. The Balaban J connectivity index is 1.82. The molecule has 2 nitrogen and oxygen atoms in total. The van der Waals surface area contributed by atoms with E-state index < -0.39 is 0 Å². The lowest BCUT2D eigenvalue weighted by Gasteiger charge is -2.33. The van der Waals surface area contributed by atoms with Crippen molar-refractivity contribution in [2.24, 2.45) is 11.8 Å². The Labute approximate surface area is 100 Å². The van der Waals surface area contributed by atoms with E-state index in [0.29, 0.717) is 23.8 Å². The van der Waals surface area contributed by atoms with Gasteiger partial charge in [-0.1, -0.05) is 35.2 Å². The Kier molecular flexibility index (Phi) is 4.06. The minimum Gasteiger partial charge on any atom is -0.353 e. The van der Waals surface area contributed by atoms with Crippen LogP contribution in [0.4, 0.5) is 0 Å². The van der Waals surface area contributed by atoms with E-state index in [4.69, 9.17) is 0 Å². The highest BCUT2D eigenvalue weighted by molar-refractivity contribution is 9.09. The van der Waals surface area contributed by atoms with Crippen LogP contribution in [0.5, 0.6) is 0 Å². The fourth-order valence-corrected chi connectivity index (χ4v) is 3.33. The number of halogens is 1. The van der Waals surface area contributed by atoms with Crippen LogP contribution in [-0.4, -0.2) is 17.3 Å². The van der Waals surface area contributed by atoms with Gasteiger partial charge in [0.25, 0.3) is 0 Å². The van der Waals surface area contributed by atoms with E-state index in [1.807, 2.05) is 0 Å². The van der Waals surface area contributed by atoms with Crippen LogP contribution in [0.25, 0.3) is 0 Å². The Hall–Kier alpha value is -0.0500. The summed E-state index contributed by atoms with van der Waals surface area (Å²) in [6.07, 6.45) is 8.50. The highest BCUT2D eigenvalue weighted by Crippen LogP contribution is 2.29. The molecule has 2 unspecified atom stereocenters. The molecule has 2 atom stereocenters. The average molecular weight is 274 g/mol. The number of rotatable bonds is 3. The van der Waals surface area contributed by atoms with Gasteiger partial charge in [-0.3, -0.25) is 4.79 Å². The molecule has 0 saturated heterocycles. The van der Waals surface area contributed by atoms with Gasteiger partial charge in [-0.15, -0.1) is 0 Å². The number of alkyl halides is 1. The van der Waals surface area contributed by atoms with Crippen molar-refractivity contribution in [1.29, 1.82) is 0 Å². The summed E-state index contributed by atoms with van der Waals surface area (Å²) in [5.41, 5.74) is 0. The average Bonchev–Trinajstić information content (AvgIpc) is 2.15. The van der Waals surface area contributed by atoms with E-state index in [-0.39, 0.29) is 0 Å². The maximum absolute atomic E-state index is 11.8. The molecule has 2 saturated carbocycles. The van der Waals surface area contributed by atoms with Gasteiger partial charge in [0.1, 0.15) is 0 Å². The standard InChI is InChI=1S/C12H20BrNO/c13-8-10-4-1-2-7-11(10)14-12(15)9-5-3-6-9/h9-11H,1-8H2,(H,14,15). The molecular formula is C12H20BrNO. The Morgan fingerprint density at radius 2 is 1.87 bits per heavy atom. The predicted molar refractivity (Wildman–Crippen MR) is 65.0 cm³/mol. The third kappa shape index (κ3) is 2.74. The zero-order chi connectivity index (χ0) is 10.7. The zero-order valence-corrected chi connectivity index (χ0v) is 10.8. The molecule has 2 fully saturated rings. The molecule has 0 aliphatic heterocycles. The van der Waals surface area contributed by atoms with Crippen molar-refractivity contribution >= 4 is 21.8 Å². The highest BCUT2D eigenvalue weighted by Gasteiger charge is 2.30. The first-order valence-electron chi connectivity index (χ1n) is 6.17. The number of hydrogen-bond donors (Lipinski definition) is 1. The van der Waals surface area contributed by atoms with Crippen LogP contribution >= 0.6 is 15.9 Å². The third-order valence-electron chi connectivity index (χ3n) is 3.91. The first kappa shape index (κ1) is 11.4. The fourth-order valence-electron chi connectivity index (χ4n) is 2.55. The molecule has 0 heterocycles. The Bertz CT molecular complexity index is 228. The molecule has 15 heavy (non-hydrogen) atoms. The van der Waals surface area contributed by atoms with Crippen LogP contribution in [0.1, 0.15) is 44.9 Å². The van der Waals surface area contributed by atoms with E-state index in [1.54, 1.807) is 0 Å². The molecule has 0 radical (unpaired) electrons. The lowest BCUT2D eigenvalue weighted by Crippen LogP contribution is -2.46. The van der Waals surface area contributed by atoms with Gasteiger partial charge in [0.2, 0.25) is 5.91 Å². The van der Waals surface area contributed by atoms with Crippen molar-refractivity contribution < 1.29 is 4.79 Å². The van der Waals surface area contributed by atoms with Gasteiger partial charge in [0.15, 0.2) is 0 Å². The van der Waals surface area contributed by atoms with Gasteiger partial charge in [-0.25, -0.2) is 0 Å². The summed E-state index contributed by atoms with van der Waals surface area (Å²) in [6, 6.07) is 0.436. The van der Waals surface area contributed by atoms with Crippen molar-refractivity contribution in [2.45, 2.75) is 51.0 Å². The molecule has 2 aliphatic rings. The van der Waals surface area contributed by atoms with Crippen molar-refractivity contribution in [2.75, 3.05) is 5.33 Å². The summed E-state index contributed by atoms with van der Waals surface area (Å²) in [5, 5.41) is 4.28. The quantitative estimate of drug-likeness (QED) is 0.788. The highest BCUT2D eigenvalue weighted by atomic mass is 79.9. The summed E-state index contributed by atoms with van der Waals surface area (Å²) in [4.78, 5) is 11.8. The topological polar surface area (TPSA) is 29.1 Å². The molecule has 2 rings (SSSR count). The van der Waals surface area contributed by atoms with Crippen molar-refractivity contribution in [3.63, 3.8) is 0 Å². The molecule has 0 aromatic rings. The van der Waals surface area contributed by atoms with Crippen LogP contribution in [0, 0.1) is 11.8 Å². The van der Waals surface area contributed by atoms with E-state index in [2.05, 4.69) is 21.2 Å². The zero-order valence-electron chi connectivity index (χ0n) is 9.18. The van der Waals surface area contributed by atoms with Crippen LogP contribution in [0.15, 0.2) is 0 Å². The maximum atomic E-state index is 11.8. The number of carbonyl (C=O) groups excluding carboxylic acids is 1. The number of hydrogen-bond acceptors (Lipinski definition) is 1. The second kappa shape index (κ2) is 5.33. The fraction of sp³-hybridized carbons (Fsp3) is 0.917. The normalized spacial score (nSPS) is 32.1. The minimum atomic E-state index is 0.319. The van der Waals surface area contributed by atoms with Gasteiger partial charge < -0.3 is 5.32 Å². The molecule has 0 aromatic heterocycles. The van der Waals surface area contributed by atoms with Crippen molar-refractivity contribution in [1.82, 2.24) is 5.32 Å². The summed E-state index contributed by atoms with van der Waals surface area (Å²) in [5.74, 6) is 1.31. The molecule has 1 amide bonds. The maximum Gasteiger partial charge on any atom is 0.223 e. The number of nitrogens with one attached hydrogen (secondary N) is 1. The molecule has 3 heteroatoms. The first-order valence-corrected chi connectivity index (χ1v) is 7.29. The van der Waals surface area contributed by atoms with Crippen molar-refractivity contribution in [3.05, 3.63) is 0 Å². The lowest BCUT2D eigenvalue weighted by molar-refractivity contribution is -0.128. The second-order valence-corrected chi connectivity index (χ2v) is 5.59. The van der Waals surface area contributed by atoms with Gasteiger partial charge in [0, 0.05) is 17.3 Å². The van der Waals surface area contributed by atoms with Gasteiger partial charge in [-0.2, -0.15) is 0 Å². The van der Waals surface area contributed by atoms with Gasteiger partial charge >= 0.3 is 0 Å². The smallest absolute Gasteiger partial charge is 0.223 e. The van der Waals surface area contributed by atoms with Crippen LogP contribution < -0.4 is 5.32 Å². The Morgan fingerprint density at radius 3 is 2.47 bits per heavy atom. The number of amides is 1. The van der Waals surface area contributed by atoms with Gasteiger partial charge in [-0.05, 0) is 31.6 Å². The third-order valence-corrected chi connectivity index (χ3v) is 4.74. The molecular weight excluding hydrogens is 254 g/mol.